The van der Waals surface area contributed by atoms with Crippen LogP contribution < -0.4 is 4.74 Å². The number of hydrogen-bond acceptors (Lipinski definition) is 1. The number of rotatable bonds is 8. The van der Waals surface area contributed by atoms with Gasteiger partial charge in [0.1, 0.15) is 12.4 Å². The van der Waals surface area contributed by atoms with E-state index in [1.807, 2.05) is 0 Å². The first kappa shape index (κ1) is 19.9. The Morgan fingerprint density at radius 2 is 1.63 bits per heavy atom. The van der Waals surface area contributed by atoms with Gasteiger partial charge in [0.2, 0.25) is 0 Å². The van der Waals surface area contributed by atoms with Crippen LogP contribution in [0, 0.1) is 17.6 Å². The highest BCUT2D eigenvalue weighted by molar-refractivity contribution is 5.27. The molecule has 0 radical (unpaired) electrons. The smallest absolute Gasteiger partial charge is 0.162 e. The summed E-state index contributed by atoms with van der Waals surface area (Å²) >= 11 is 0. The van der Waals surface area contributed by atoms with Crippen molar-refractivity contribution in [3.05, 3.63) is 65.2 Å². The van der Waals surface area contributed by atoms with E-state index < -0.39 is 11.6 Å². The van der Waals surface area contributed by atoms with Gasteiger partial charge in [-0.1, -0.05) is 56.9 Å². The highest BCUT2D eigenvalue weighted by Crippen LogP contribution is 2.37. The second-order valence-electron chi connectivity index (χ2n) is 7.82. The monoisotopic (exact) mass is 372 g/mol. The third-order valence-corrected chi connectivity index (χ3v) is 5.81. The van der Waals surface area contributed by atoms with Crippen LogP contribution >= 0.6 is 0 Å². The lowest BCUT2D eigenvalue weighted by atomic mass is 9.77. The molecule has 2 aromatic rings. The van der Waals surface area contributed by atoms with Crippen LogP contribution in [-0.2, 0) is 6.61 Å². The summed E-state index contributed by atoms with van der Waals surface area (Å²) in [7, 11) is 0. The molecule has 146 valence electrons. The van der Waals surface area contributed by atoms with Crippen LogP contribution in [0.15, 0.2) is 42.5 Å². The van der Waals surface area contributed by atoms with Crippen LogP contribution in [0.1, 0.15) is 75.3 Å². The van der Waals surface area contributed by atoms with Crippen molar-refractivity contribution in [3.63, 3.8) is 0 Å². The first-order valence-corrected chi connectivity index (χ1v) is 10.3. The van der Waals surface area contributed by atoms with Gasteiger partial charge in [-0.3, -0.25) is 0 Å². The summed E-state index contributed by atoms with van der Waals surface area (Å²) < 4.78 is 31.7. The van der Waals surface area contributed by atoms with Crippen LogP contribution in [-0.4, -0.2) is 0 Å². The van der Waals surface area contributed by atoms with E-state index in [4.69, 9.17) is 4.74 Å². The van der Waals surface area contributed by atoms with Gasteiger partial charge in [-0.15, -0.1) is 0 Å². The van der Waals surface area contributed by atoms with Gasteiger partial charge in [0.05, 0.1) is 0 Å². The number of halogens is 2. The Balaban J connectivity index is 1.47. The highest BCUT2D eigenvalue weighted by atomic mass is 19.2. The number of hydrogen-bond donors (Lipinski definition) is 0. The lowest BCUT2D eigenvalue weighted by Crippen LogP contribution is -2.13. The molecule has 0 amide bonds. The van der Waals surface area contributed by atoms with Crippen molar-refractivity contribution >= 4 is 0 Å². The van der Waals surface area contributed by atoms with Gasteiger partial charge in [0.25, 0.3) is 0 Å². The summed E-state index contributed by atoms with van der Waals surface area (Å²) in [5, 5.41) is 0. The second kappa shape index (κ2) is 9.87. The standard InChI is InChI=1S/C24H30F2O/c1-2-3-4-5-18-6-10-20(11-7-18)21-12-8-19(9-13-21)17-27-22-14-15-23(25)24(26)16-22/h8-9,12-16,18,20H,2-7,10-11,17H2,1H3. The van der Waals surface area contributed by atoms with Crippen molar-refractivity contribution in [2.75, 3.05) is 0 Å². The largest absolute Gasteiger partial charge is 0.489 e. The molecule has 0 atom stereocenters. The maximum Gasteiger partial charge on any atom is 0.162 e. The third kappa shape index (κ3) is 5.79. The molecule has 0 saturated heterocycles. The van der Waals surface area contributed by atoms with E-state index in [1.165, 1.54) is 63.0 Å². The van der Waals surface area contributed by atoms with E-state index in [0.717, 1.165) is 23.6 Å². The third-order valence-electron chi connectivity index (χ3n) is 5.81. The molecule has 27 heavy (non-hydrogen) atoms. The van der Waals surface area contributed by atoms with Crippen LogP contribution in [0.4, 0.5) is 8.78 Å². The molecule has 2 aromatic carbocycles. The van der Waals surface area contributed by atoms with Crippen molar-refractivity contribution in [3.8, 4) is 5.75 Å². The second-order valence-corrected chi connectivity index (χ2v) is 7.82. The molecule has 0 spiro atoms. The molecule has 1 aliphatic rings. The van der Waals surface area contributed by atoms with E-state index >= 15 is 0 Å². The van der Waals surface area contributed by atoms with Gasteiger partial charge in [-0.2, -0.15) is 0 Å². The van der Waals surface area contributed by atoms with Crippen molar-refractivity contribution in [1.82, 2.24) is 0 Å². The lowest BCUT2D eigenvalue weighted by Gasteiger charge is -2.29. The minimum Gasteiger partial charge on any atom is -0.489 e. The average Bonchev–Trinajstić information content (AvgIpc) is 2.70. The molecule has 0 bridgehead atoms. The zero-order valence-corrected chi connectivity index (χ0v) is 16.2. The van der Waals surface area contributed by atoms with Crippen LogP contribution in [0.2, 0.25) is 0 Å². The lowest BCUT2D eigenvalue weighted by molar-refractivity contribution is 0.300. The Kier molecular flexibility index (Phi) is 7.25. The predicted octanol–water partition coefficient (Wildman–Crippen LogP) is 7.40. The molecule has 0 heterocycles. The van der Waals surface area contributed by atoms with Gasteiger partial charge in [-0.25, -0.2) is 8.78 Å². The maximum absolute atomic E-state index is 13.2. The molecule has 1 fully saturated rings. The summed E-state index contributed by atoms with van der Waals surface area (Å²) in [4.78, 5) is 0. The van der Waals surface area contributed by atoms with E-state index in [9.17, 15) is 8.78 Å². The van der Waals surface area contributed by atoms with Crippen molar-refractivity contribution in [2.45, 2.75) is 70.8 Å². The van der Waals surface area contributed by atoms with Crippen LogP contribution in [0.3, 0.4) is 0 Å². The van der Waals surface area contributed by atoms with E-state index in [0.29, 0.717) is 18.3 Å². The minimum absolute atomic E-state index is 0.347. The Bertz CT molecular complexity index is 703. The molecule has 3 rings (SSSR count). The molecule has 1 aliphatic carbocycles. The van der Waals surface area contributed by atoms with E-state index in [1.54, 1.807) is 0 Å². The van der Waals surface area contributed by atoms with Crippen molar-refractivity contribution in [1.29, 1.82) is 0 Å². The van der Waals surface area contributed by atoms with Gasteiger partial charge in [-0.05, 0) is 60.8 Å². The molecule has 1 nitrogen and oxygen atoms in total. The molecule has 1 saturated carbocycles. The molecule has 0 unspecified atom stereocenters. The van der Waals surface area contributed by atoms with Crippen molar-refractivity contribution < 1.29 is 13.5 Å². The van der Waals surface area contributed by atoms with E-state index in [2.05, 4.69) is 31.2 Å². The fourth-order valence-corrected chi connectivity index (χ4v) is 4.09. The maximum atomic E-state index is 13.2. The number of unbranched alkanes of at least 4 members (excludes halogenated alkanes) is 2. The summed E-state index contributed by atoms with van der Waals surface area (Å²) in [6.45, 7) is 2.62. The van der Waals surface area contributed by atoms with E-state index in [-0.39, 0.29) is 0 Å². The van der Waals surface area contributed by atoms with Gasteiger partial charge in [0.15, 0.2) is 11.6 Å². The SMILES string of the molecule is CCCCCC1CCC(c2ccc(COc3ccc(F)c(F)c3)cc2)CC1. The average molecular weight is 372 g/mol. The number of ether oxygens (including phenoxy) is 1. The Morgan fingerprint density at radius 1 is 0.889 bits per heavy atom. The zero-order valence-electron chi connectivity index (χ0n) is 16.2. The van der Waals surface area contributed by atoms with Crippen molar-refractivity contribution in [2.24, 2.45) is 5.92 Å². The quantitative estimate of drug-likeness (QED) is 0.439. The molecule has 0 aromatic heterocycles. The van der Waals surface area contributed by atoms with Crippen LogP contribution in [0.25, 0.3) is 0 Å². The fourth-order valence-electron chi connectivity index (χ4n) is 4.09. The van der Waals surface area contributed by atoms with Gasteiger partial charge in [0, 0.05) is 6.07 Å². The molecule has 3 heteroatoms. The first-order valence-electron chi connectivity index (χ1n) is 10.3. The Morgan fingerprint density at radius 3 is 2.30 bits per heavy atom. The topological polar surface area (TPSA) is 9.23 Å². The highest BCUT2D eigenvalue weighted by Gasteiger charge is 2.21. The Hall–Kier alpha value is -1.90. The molecular weight excluding hydrogens is 342 g/mol. The van der Waals surface area contributed by atoms with Gasteiger partial charge >= 0.3 is 0 Å². The summed E-state index contributed by atoms with van der Waals surface area (Å²) in [5.74, 6) is 0.212. The zero-order chi connectivity index (χ0) is 19.1. The Labute approximate surface area is 161 Å². The molecular formula is C24H30F2O. The summed E-state index contributed by atoms with van der Waals surface area (Å²) in [6, 6.07) is 12.2. The minimum atomic E-state index is -0.881. The first-order chi connectivity index (χ1) is 13.2. The number of benzene rings is 2. The summed E-state index contributed by atoms with van der Waals surface area (Å²) in [6.07, 6.45) is 10.8. The van der Waals surface area contributed by atoms with Gasteiger partial charge < -0.3 is 4.74 Å². The summed E-state index contributed by atoms with van der Waals surface area (Å²) in [5.41, 5.74) is 2.45. The fraction of sp³-hybridized carbons (Fsp3) is 0.500. The molecule has 0 aliphatic heterocycles. The predicted molar refractivity (Wildman–Crippen MR) is 106 cm³/mol. The van der Waals surface area contributed by atoms with Crippen LogP contribution in [0.5, 0.6) is 5.75 Å². The normalized spacial score (nSPS) is 19.8. The molecule has 0 N–H and O–H groups in total.